The van der Waals surface area contributed by atoms with E-state index in [1.54, 1.807) is 7.11 Å². The Morgan fingerprint density at radius 1 is 1.24 bits per heavy atom. The molecular formula is C14H22N2O. The van der Waals surface area contributed by atoms with E-state index in [1.807, 2.05) is 12.1 Å². The number of anilines is 2. The molecule has 0 radical (unpaired) electrons. The molecule has 3 nitrogen and oxygen atoms in total. The molecule has 0 saturated carbocycles. The van der Waals surface area contributed by atoms with Gasteiger partial charge in [-0.1, -0.05) is 13.8 Å². The molecule has 0 aliphatic carbocycles. The number of benzene rings is 1. The third-order valence-electron chi connectivity index (χ3n) is 3.44. The van der Waals surface area contributed by atoms with Gasteiger partial charge in [0.2, 0.25) is 0 Å². The van der Waals surface area contributed by atoms with Crippen molar-refractivity contribution in [1.29, 1.82) is 0 Å². The Balaban J connectivity index is 2.21. The molecule has 1 aliphatic rings. The van der Waals surface area contributed by atoms with Crippen molar-refractivity contribution in [3.8, 4) is 5.75 Å². The number of ether oxygens (including phenoxy) is 1. The Morgan fingerprint density at radius 2 is 1.88 bits per heavy atom. The summed E-state index contributed by atoms with van der Waals surface area (Å²) in [5, 5.41) is 0. The monoisotopic (exact) mass is 234 g/mol. The van der Waals surface area contributed by atoms with E-state index >= 15 is 0 Å². The number of nitrogen functional groups attached to an aromatic ring is 1. The molecule has 1 aromatic carbocycles. The second-order valence-corrected chi connectivity index (χ2v) is 5.28. The van der Waals surface area contributed by atoms with Crippen molar-refractivity contribution in [2.45, 2.75) is 20.3 Å². The second-order valence-electron chi connectivity index (χ2n) is 5.28. The standard InChI is InChI=1S/C14H22N2O/c1-10-6-11(2)9-16(8-10)14-5-4-12(17-3)7-13(14)15/h4-5,7,10-11H,6,8-9,15H2,1-3H3/t10-,11+. The number of nitrogens with zero attached hydrogens (tertiary/aromatic N) is 1. The van der Waals surface area contributed by atoms with Gasteiger partial charge >= 0.3 is 0 Å². The smallest absolute Gasteiger partial charge is 0.121 e. The van der Waals surface area contributed by atoms with E-state index < -0.39 is 0 Å². The Kier molecular flexibility index (Phi) is 3.46. The third kappa shape index (κ3) is 2.65. The molecule has 1 saturated heterocycles. The lowest BCUT2D eigenvalue weighted by Crippen LogP contribution is -2.39. The molecule has 1 aliphatic heterocycles. The summed E-state index contributed by atoms with van der Waals surface area (Å²) in [5.74, 6) is 2.30. The highest BCUT2D eigenvalue weighted by Gasteiger charge is 2.23. The summed E-state index contributed by atoms with van der Waals surface area (Å²) >= 11 is 0. The van der Waals surface area contributed by atoms with E-state index in [2.05, 4.69) is 24.8 Å². The van der Waals surface area contributed by atoms with Gasteiger partial charge in [-0.25, -0.2) is 0 Å². The van der Waals surface area contributed by atoms with Crippen LogP contribution in [0, 0.1) is 11.8 Å². The number of piperidine rings is 1. The first-order valence-corrected chi connectivity index (χ1v) is 6.28. The summed E-state index contributed by atoms with van der Waals surface area (Å²) < 4.78 is 5.18. The first-order valence-electron chi connectivity index (χ1n) is 6.28. The van der Waals surface area contributed by atoms with Gasteiger partial charge in [0.1, 0.15) is 5.75 Å². The average molecular weight is 234 g/mol. The lowest BCUT2D eigenvalue weighted by Gasteiger charge is -2.37. The van der Waals surface area contributed by atoms with Crippen LogP contribution in [-0.2, 0) is 0 Å². The predicted octanol–water partition coefficient (Wildman–Crippen LogP) is 2.76. The molecular weight excluding hydrogens is 212 g/mol. The molecule has 17 heavy (non-hydrogen) atoms. The van der Waals surface area contributed by atoms with Crippen molar-refractivity contribution >= 4 is 11.4 Å². The maximum absolute atomic E-state index is 6.10. The van der Waals surface area contributed by atoms with Gasteiger partial charge in [-0.2, -0.15) is 0 Å². The lowest BCUT2D eigenvalue weighted by atomic mass is 9.91. The number of hydrogen-bond acceptors (Lipinski definition) is 3. The number of nitrogens with two attached hydrogens (primary N) is 1. The minimum absolute atomic E-state index is 0.736. The fourth-order valence-electron chi connectivity index (χ4n) is 2.81. The topological polar surface area (TPSA) is 38.5 Å². The van der Waals surface area contributed by atoms with Crippen LogP contribution in [0.5, 0.6) is 5.75 Å². The SMILES string of the molecule is COc1ccc(N2C[C@H](C)C[C@H](C)C2)c(N)c1. The fraction of sp³-hybridized carbons (Fsp3) is 0.571. The lowest BCUT2D eigenvalue weighted by molar-refractivity contribution is 0.357. The second kappa shape index (κ2) is 4.86. The van der Waals surface area contributed by atoms with Crippen molar-refractivity contribution in [3.63, 3.8) is 0 Å². The predicted molar refractivity (Wildman–Crippen MR) is 72.6 cm³/mol. The zero-order valence-electron chi connectivity index (χ0n) is 10.9. The van der Waals surface area contributed by atoms with Crippen LogP contribution < -0.4 is 15.4 Å². The molecule has 0 spiro atoms. The first-order chi connectivity index (χ1) is 8.10. The van der Waals surface area contributed by atoms with Crippen molar-refractivity contribution in [3.05, 3.63) is 18.2 Å². The highest BCUT2D eigenvalue weighted by atomic mass is 16.5. The molecule has 0 unspecified atom stereocenters. The molecule has 3 heteroatoms. The normalized spacial score (nSPS) is 24.8. The molecule has 0 amide bonds. The summed E-state index contributed by atoms with van der Waals surface area (Å²) in [5.41, 5.74) is 8.05. The molecule has 1 heterocycles. The van der Waals surface area contributed by atoms with Crippen LogP contribution >= 0.6 is 0 Å². The van der Waals surface area contributed by atoms with Gasteiger partial charge in [0.25, 0.3) is 0 Å². The van der Waals surface area contributed by atoms with E-state index in [4.69, 9.17) is 10.5 Å². The van der Waals surface area contributed by atoms with Crippen molar-refractivity contribution < 1.29 is 4.74 Å². The minimum Gasteiger partial charge on any atom is -0.497 e. The highest BCUT2D eigenvalue weighted by molar-refractivity contribution is 5.69. The average Bonchev–Trinajstić information content (AvgIpc) is 2.27. The van der Waals surface area contributed by atoms with Gasteiger partial charge in [0.15, 0.2) is 0 Å². The Hall–Kier alpha value is -1.38. The van der Waals surface area contributed by atoms with E-state index in [0.29, 0.717) is 0 Å². The van der Waals surface area contributed by atoms with Gasteiger partial charge in [-0.05, 0) is 30.4 Å². The molecule has 1 aromatic rings. The Morgan fingerprint density at radius 3 is 2.41 bits per heavy atom. The van der Waals surface area contributed by atoms with Crippen LogP contribution in [0.3, 0.4) is 0 Å². The third-order valence-corrected chi connectivity index (χ3v) is 3.44. The van der Waals surface area contributed by atoms with Crippen LogP contribution in [0.2, 0.25) is 0 Å². The summed E-state index contributed by atoms with van der Waals surface area (Å²) in [6.45, 7) is 6.81. The summed E-state index contributed by atoms with van der Waals surface area (Å²) in [6.07, 6.45) is 1.31. The van der Waals surface area contributed by atoms with Crippen LogP contribution in [0.4, 0.5) is 11.4 Å². The van der Waals surface area contributed by atoms with Gasteiger partial charge in [0, 0.05) is 19.2 Å². The summed E-state index contributed by atoms with van der Waals surface area (Å²) in [6, 6.07) is 5.95. The van der Waals surface area contributed by atoms with E-state index in [-0.39, 0.29) is 0 Å². The largest absolute Gasteiger partial charge is 0.497 e. The zero-order valence-corrected chi connectivity index (χ0v) is 10.9. The van der Waals surface area contributed by atoms with Gasteiger partial charge in [-0.3, -0.25) is 0 Å². The van der Waals surface area contributed by atoms with Crippen LogP contribution in [0.15, 0.2) is 18.2 Å². The quantitative estimate of drug-likeness (QED) is 0.800. The minimum atomic E-state index is 0.736. The fourth-order valence-corrected chi connectivity index (χ4v) is 2.81. The molecule has 2 rings (SSSR count). The van der Waals surface area contributed by atoms with E-state index in [0.717, 1.165) is 42.0 Å². The molecule has 2 atom stereocenters. The molecule has 1 fully saturated rings. The number of hydrogen-bond donors (Lipinski definition) is 1. The van der Waals surface area contributed by atoms with E-state index in [9.17, 15) is 0 Å². The van der Waals surface area contributed by atoms with Gasteiger partial charge in [-0.15, -0.1) is 0 Å². The van der Waals surface area contributed by atoms with Crippen molar-refractivity contribution in [2.75, 3.05) is 30.8 Å². The number of methoxy groups -OCH3 is 1. The van der Waals surface area contributed by atoms with Crippen molar-refractivity contribution in [2.24, 2.45) is 11.8 Å². The van der Waals surface area contributed by atoms with Crippen LogP contribution in [-0.4, -0.2) is 20.2 Å². The maximum Gasteiger partial charge on any atom is 0.121 e. The van der Waals surface area contributed by atoms with Gasteiger partial charge in [0.05, 0.1) is 18.5 Å². The molecule has 94 valence electrons. The molecule has 0 aromatic heterocycles. The Labute approximate surface area is 104 Å². The summed E-state index contributed by atoms with van der Waals surface area (Å²) in [4.78, 5) is 2.40. The highest BCUT2D eigenvalue weighted by Crippen LogP contribution is 2.32. The van der Waals surface area contributed by atoms with E-state index in [1.165, 1.54) is 6.42 Å². The Bertz CT molecular complexity index is 382. The van der Waals surface area contributed by atoms with Gasteiger partial charge < -0.3 is 15.4 Å². The van der Waals surface area contributed by atoms with Crippen LogP contribution in [0.1, 0.15) is 20.3 Å². The van der Waals surface area contributed by atoms with Crippen molar-refractivity contribution in [1.82, 2.24) is 0 Å². The summed E-state index contributed by atoms with van der Waals surface area (Å²) in [7, 11) is 1.67. The molecule has 2 N–H and O–H groups in total. The zero-order chi connectivity index (χ0) is 12.4. The van der Waals surface area contributed by atoms with Crippen LogP contribution in [0.25, 0.3) is 0 Å². The first kappa shape index (κ1) is 12.1. The number of rotatable bonds is 2. The maximum atomic E-state index is 6.10. The molecule has 0 bridgehead atoms.